The Morgan fingerprint density at radius 1 is 1.00 bits per heavy atom. The summed E-state index contributed by atoms with van der Waals surface area (Å²) in [7, 11) is 0. The second-order valence-corrected chi connectivity index (χ2v) is 7.77. The monoisotopic (exact) mass is 310 g/mol. The molecule has 22 heavy (non-hydrogen) atoms. The summed E-state index contributed by atoms with van der Waals surface area (Å²) in [6.07, 6.45) is 3.85. The molecule has 126 valence electrons. The van der Waals surface area contributed by atoms with Gasteiger partial charge in [-0.3, -0.25) is 4.79 Å². The maximum absolute atomic E-state index is 12.7. The standard InChI is InChI=1S/C17H30N2O3/c1-13-6-5-9-18(10-7-13)15(20)14-8-11-19(12-14)16(21)22-17(2,3)4/h13-14H,5-12H2,1-4H3. The third-order valence-corrected chi connectivity index (χ3v) is 4.52. The summed E-state index contributed by atoms with van der Waals surface area (Å²) in [6, 6.07) is 0. The van der Waals surface area contributed by atoms with Crippen molar-refractivity contribution >= 4 is 12.0 Å². The lowest BCUT2D eigenvalue weighted by Gasteiger charge is -2.26. The minimum atomic E-state index is -0.486. The van der Waals surface area contributed by atoms with Crippen LogP contribution in [0.15, 0.2) is 0 Å². The molecule has 5 nitrogen and oxygen atoms in total. The molecule has 0 aromatic carbocycles. The average molecular weight is 310 g/mol. The van der Waals surface area contributed by atoms with Crippen LogP contribution in [0, 0.1) is 11.8 Å². The molecule has 0 saturated carbocycles. The minimum Gasteiger partial charge on any atom is -0.444 e. The van der Waals surface area contributed by atoms with Gasteiger partial charge >= 0.3 is 6.09 Å². The maximum atomic E-state index is 12.7. The summed E-state index contributed by atoms with van der Waals surface area (Å²) in [5.74, 6) is 0.876. The number of carbonyl (C=O) groups is 2. The van der Waals surface area contributed by atoms with Crippen LogP contribution in [0.3, 0.4) is 0 Å². The lowest BCUT2D eigenvalue weighted by atomic mass is 10.0. The number of rotatable bonds is 1. The molecule has 0 aliphatic carbocycles. The van der Waals surface area contributed by atoms with E-state index in [1.54, 1.807) is 4.90 Å². The fourth-order valence-corrected chi connectivity index (χ4v) is 3.20. The maximum Gasteiger partial charge on any atom is 0.410 e. The van der Waals surface area contributed by atoms with Crippen LogP contribution in [0.5, 0.6) is 0 Å². The Labute approximate surface area is 134 Å². The quantitative estimate of drug-likeness (QED) is 0.748. The van der Waals surface area contributed by atoms with Crippen molar-refractivity contribution in [2.75, 3.05) is 26.2 Å². The van der Waals surface area contributed by atoms with Gasteiger partial charge in [0.1, 0.15) is 5.60 Å². The Morgan fingerprint density at radius 2 is 1.68 bits per heavy atom. The number of ether oxygens (including phenoxy) is 1. The van der Waals surface area contributed by atoms with Crippen molar-refractivity contribution in [2.45, 2.75) is 59.0 Å². The Hall–Kier alpha value is -1.26. The van der Waals surface area contributed by atoms with Crippen molar-refractivity contribution in [1.29, 1.82) is 0 Å². The molecular weight excluding hydrogens is 280 g/mol. The van der Waals surface area contributed by atoms with Crippen molar-refractivity contribution in [3.05, 3.63) is 0 Å². The normalized spacial score (nSPS) is 26.7. The molecule has 0 N–H and O–H groups in total. The molecule has 0 bridgehead atoms. The van der Waals surface area contributed by atoms with Crippen LogP contribution in [0.1, 0.15) is 53.4 Å². The highest BCUT2D eigenvalue weighted by atomic mass is 16.6. The lowest BCUT2D eigenvalue weighted by Crippen LogP contribution is -2.40. The molecular formula is C17H30N2O3. The number of amides is 2. The van der Waals surface area contributed by atoms with Gasteiger partial charge in [-0.2, -0.15) is 0 Å². The van der Waals surface area contributed by atoms with E-state index in [0.717, 1.165) is 32.4 Å². The summed E-state index contributed by atoms with van der Waals surface area (Å²) in [6.45, 7) is 10.7. The van der Waals surface area contributed by atoms with E-state index in [4.69, 9.17) is 4.74 Å². The first kappa shape index (κ1) is 17.1. The van der Waals surface area contributed by atoms with Gasteiger partial charge in [0.25, 0.3) is 0 Å². The second-order valence-electron chi connectivity index (χ2n) is 7.77. The second kappa shape index (κ2) is 6.88. The Balaban J connectivity index is 1.87. The van der Waals surface area contributed by atoms with E-state index >= 15 is 0 Å². The summed E-state index contributed by atoms with van der Waals surface area (Å²) >= 11 is 0. The van der Waals surface area contributed by atoms with Crippen LogP contribution in [-0.2, 0) is 9.53 Å². The van der Waals surface area contributed by atoms with E-state index < -0.39 is 5.60 Å². The molecule has 2 aliphatic heterocycles. The van der Waals surface area contributed by atoms with Crippen molar-refractivity contribution < 1.29 is 14.3 Å². The molecule has 0 aromatic rings. The average Bonchev–Trinajstić information content (AvgIpc) is 2.80. The number of hydrogen-bond acceptors (Lipinski definition) is 3. The molecule has 0 radical (unpaired) electrons. The van der Waals surface area contributed by atoms with Crippen molar-refractivity contribution in [1.82, 2.24) is 9.80 Å². The van der Waals surface area contributed by atoms with Gasteiger partial charge in [0.2, 0.25) is 5.91 Å². The zero-order valence-corrected chi connectivity index (χ0v) is 14.4. The fourth-order valence-electron chi connectivity index (χ4n) is 3.20. The summed E-state index contributed by atoms with van der Waals surface area (Å²) in [5, 5.41) is 0. The van der Waals surface area contributed by atoms with Crippen molar-refractivity contribution in [3.63, 3.8) is 0 Å². The van der Waals surface area contributed by atoms with Crippen LogP contribution in [0.25, 0.3) is 0 Å². The molecule has 2 fully saturated rings. The molecule has 5 heteroatoms. The van der Waals surface area contributed by atoms with Crippen molar-refractivity contribution in [2.24, 2.45) is 11.8 Å². The highest BCUT2D eigenvalue weighted by molar-refractivity contribution is 5.80. The van der Waals surface area contributed by atoms with E-state index in [-0.39, 0.29) is 17.9 Å². The predicted molar refractivity (Wildman–Crippen MR) is 85.5 cm³/mol. The van der Waals surface area contributed by atoms with Gasteiger partial charge in [-0.05, 0) is 52.4 Å². The Bertz CT molecular complexity index is 417. The highest BCUT2D eigenvalue weighted by Gasteiger charge is 2.35. The van der Waals surface area contributed by atoms with E-state index in [2.05, 4.69) is 6.92 Å². The number of nitrogens with zero attached hydrogens (tertiary/aromatic N) is 2. The number of likely N-dealkylation sites (tertiary alicyclic amines) is 2. The lowest BCUT2D eigenvalue weighted by molar-refractivity contribution is -0.135. The third-order valence-electron chi connectivity index (χ3n) is 4.52. The SMILES string of the molecule is CC1CCCN(C(=O)C2CCN(C(=O)OC(C)(C)C)C2)CC1. The molecule has 2 rings (SSSR count). The molecule has 2 heterocycles. The van der Waals surface area contributed by atoms with E-state index in [1.165, 1.54) is 6.42 Å². The Morgan fingerprint density at radius 3 is 2.36 bits per heavy atom. The molecule has 0 aromatic heterocycles. The molecule has 2 aliphatic rings. The van der Waals surface area contributed by atoms with Gasteiger partial charge in [-0.1, -0.05) is 6.92 Å². The minimum absolute atomic E-state index is 0.0547. The third kappa shape index (κ3) is 4.62. The molecule has 2 amide bonds. The zero-order valence-electron chi connectivity index (χ0n) is 14.4. The first-order chi connectivity index (χ1) is 10.3. The Kier molecular flexibility index (Phi) is 5.35. The van der Waals surface area contributed by atoms with E-state index in [1.807, 2.05) is 25.7 Å². The van der Waals surface area contributed by atoms with Crippen LogP contribution in [0.4, 0.5) is 4.79 Å². The first-order valence-corrected chi connectivity index (χ1v) is 8.53. The molecule has 2 saturated heterocycles. The van der Waals surface area contributed by atoms with Gasteiger partial charge in [0, 0.05) is 26.2 Å². The van der Waals surface area contributed by atoms with E-state index in [9.17, 15) is 9.59 Å². The summed E-state index contributed by atoms with van der Waals surface area (Å²) in [5.41, 5.74) is -0.486. The number of carbonyl (C=O) groups excluding carboxylic acids is 2. The van der Waals surface area contributed by atoms with Crippen LogP contribution in [0.2, 0.25) is 0 Å². The summed E-state index contributed by atoms with van der Waals surface area (Å²) in [4.78, 5) is 28.4. The zero-order chi connectivity index (χ0) is 16.3. The number of hydrogen-bond donors (Lipinski definition) is 0. The first-order valence-electron chi connectivity index (χ1n) is 8.53. The molecule has 2 atom stereocenters. The fraction of sp³-hybridized carbons (Fsp3) is 0.882. The molecule has 0 spiro atoms. The van der Waals surface area contributed by atoms with Crippen LogP contribution >= 0.6 is 0 Å². The van der Waals surface area contributed by atoms with Gasteiger partial charge in [0.05, 0.1) is 5.92 Å². The molecule has 2 unspecified atom stereocenters. The predicted octanol–water partition coefficient (Wildman–Crippen LogP) is 2.89. The largest absolute Gasteiger partial charge is 0.444 e. The van der Waals surface area contributed by atoms with Gasteiger partial charge in [-0.25, -0.2) is 4.79 Å². The summed E-state index contributed by atoms with van der Waals surface area (Å²) < 4.78 is 5.39. The van der Waals surface area contributed by atoms with Gasteiger partial charge in [-0.15, -0.1) is 0 Å². The van der Waals surface area contributed by atoms with Crippen LogP contribution in [-0.4, -0.2) is 53.6 Å². The van der Waals surface area contributed by atoms with Gasteiger partial charge < -0.3 is 14.5 Å². The van der Waals surface area contributed by atoms with Crippen LogP contribution < -0.4 is 0 Å². The highest BCUT2D eigenvalue weighted by Crippen LogP contribution is 2.24. The van der Waals surface area contributed by atoms with Gasteiger partial charge in [0.15, 0.2) is 0 Å². The van der Waals surface area contributed by atoms with E-state index in [0.29, 0.717) is 19.0 Å². The smallest absolute Gasteiger partial charge is 0.410 e. The topological polar surface area (TPSA) is 49.9 Å². The van der Waals surface area contributed by atoms with Crippen molar-refractivity contribution in [3.8, 4) is 0 Å².